The molecule has 1 amide bonds. The highest BCUT2D eigenvalue weighted by Gasteiger charge is 2.21. The summed E-state index contributed by atoms with van der Waals surface area (Å²) in [6, 6.07) is 17.9. The fraction of sp³-hybridized carbons (Fsp3) is 0.370. The highest BCUT2D eigenvalue weighted by Crippen LogP contribution is 2.29. The van der Waals surface area contributed by atoms with Gasteiger partial charge >= 0.3 is 0 Å². The number of amides is 1. The number of carbonyl (C=O) groups is 1. The minimum Gasteiger partial charge on any atom is -0.396 e. The van der Waals surface area contributed by atoms with E-state index in [1.807, 2.05) is 35.2 Å². The molecule has 2 heterocycles. The van der Waals surface area contributed by atoms with Crippen LogP contribution in [0.3, 0.4) is 0 Å². The predicted molar refractivity (Wildman–Crippen MR) is 142 cm³/mol. The van der Waals surface area contributed by atoms with Crippen molar-refractivity contribution in [1.29, 1.82) is 0 Å². The van der Waals surface area contributed by atoms with E-state index in [1.165, 1.54) is 0 Å². The Morgan fingerprint density at radius 3 is 2.60 bits per heavy atom. The van der Waals surface area contributed by atoms with Crippen LogP contribution in [0.5, 0.6) is 0 Å². The zero-order chi connectivity index (χ0) is 24.8. The second-order valence-corrected chi connectivity index (χ2v) is 10.8. The quantitative estimate of drug-likeness (QED) is 0.402. The molecule has 1 atom stereocenters. The number of aliphatic hydroxyl groups is 1. The molecular weight excluding hydrogens is 458 g/mol. The van der Waals surface area contributed by atoms with E-state index in [9.17, 15) is 9.90 Å². The number of benzene rings is 2. The van der Waals surface area contributed by atoms with Gasteiger partial charge in [0, 0.05) is 65.9 Å². The van der Waals surface area contributed by atoms with Crippen LogP contribution in [0.15, 0.2) is 65.7 Å². The topological polar surface area (TPSA) is 90.4 Å². The molecule has 1 fully saturated rings. The van der Waals surface area contributed by atoms with E-state index in [1.54, 1.807) is 18.0 Å². The predicted octanol–water partition coefficient (Wildman–Crippen LogP) is 4.43. The maximum atomic E-state index is 12.8. The molecule has 0 bridgehead atoms. The van der Waals surface area contributed by atoms with Crippen molar-refractivity contribution in [2.75, 3.05) is 37.3 Å². The molecule has 0 aliphatic carbocycles. The number of aromatic nitrogens is 2. The van der Waals surface area contributed by atoms with Crippen LogP contribution in [-0.4, -0.2) is 63.9 Å². The Labute approximate surface area is 211 Å². The Morgan fingerprint density at radius 1 is 1.17 bits per heavy atom. The van der Waals surface area contributed by atoms with Gasteiger partial charge in [-0.3, -0.25) is 4.79 Å². The standard InChI is InChI=1S/C27H33N5O2S/c1-19-16-32(15-14-28-19)25(34)21-4-8-22(9-5-21)30-26-29-13-12-24(31-26)20-6-10-23(11-7-20)35-18-27(2,3)17-33/h4-13,19,28,33H,14-18H2,1-3H3,(H,29,30,31)/t19-/m1/s1. The van der Waals surface area contributed by atoms with Crippen molar-refractivity contribution in [3.05, 3.63) is 66.4 Å². The van der Waals surface area contributed by atoms with Gasteiger partial charge in [0.25, 0.3) is 5.91 Å². The first-order chi connectivity index (χ1) is 16.8. The monoisotopic (exact) mass is 491 g/mol. The Kier molecular flexibility index (Phi) is 8.05. The van der Waals surface area contributed by atoms with Crippen LogP contribution < -0.4 is 10.6 Å². The molecule has 0 radical (unpaired) electrons. The van der Waals surface area contributed by atoms with Crippen molar-refractivity contribution in [3.8, 4) is 11.3 Å². The summed E-state index contributed by atoms with van der Waals surface area (Å²) in [5, 5.41) is 16.0. The lowest BCUT2D eigenvalue weighted by Gasteiger charge is -2.32. The fourth-order valence-corrected chi connectivity index (χ4v) is 4.73. The number of anilines is 2. The minimum atomic E-state index is -0.105. The summed E-state index contributed by atoms with van der Waals surface area (Å²) in [4.78, 5) is 24.9. The molecule has 1 aromatic heterocycles. The molecule has 7 nitrogen and oxygen atoms in total. The van der Waals surface area contributed by atoms with Crippen LogP contribution >= 0.6 is 11.8 Å². The smallest absolute Gasteiger partial charge is 0.253 e. The summed E-state index contributed by atoms with van der Waals surface area (Å²) >= 11 is 1.74. The first kappa shape index (κ1) is 25.2. The van der Waals surface area contributed by atoms with Crippen LogP contribution in [0, 0.1) is 5.41 Å². The molecule has 4 rings (SSSR count). The maximum Gasteiger partial charge on any atom is 0.253 e. The maximum absolute atomic E-state index is 12.8. The van der Waals surface area contributed by atoms with Gasteiger partial charge in [-0.05, 0) is 54.8 Å². The summed E-state index contributed by atoms with van der Waals surface area (Å²) in [5.74, 6) is 1.41. The van der Waals surface area contributed by atoms with Crippen molar-refractivity contribution in [2.45, 2.75) is 31.7 Å². The average molecular weight is 492 g/mol. The molecule has 2 aromatic carbocycles. The Bertz CT molecular complexity index is 1140. The first-order valence-corrected chi connectivity index (χ1v) is 12.9. The SMILES string of the molecule is C[C@@H]1CN(C(=O)c2ccc(Nc3nccc(-c4ccc(SCC(C)(C)CO)cc4)n3)cc2)CCN1. The number of thioether (sulfide) groups is 1. The van der Waals surface area contributed by atoms with Gasteiger partial charge in [-0.2, -0.15) is 0 Å². The summed E-state index contributed by atoms with van der Waals surface area (Å²) in [6.45, 7) is 8.65. The molecular formula is C27H33N5O2S. The van der Waals surface area contributed by atoms with Gasteiger partial charge in [-0.25, -0.2) is 9.97 Å². The van der Waals surface area contributed by atoms with E-state index in [0.29, 0.717) is 17.6 Å². The number of aliphatic hydroxyl groups excluding tert-OH is 1. The largest absolute Gasteiger partial charge is 0.396 e. The van der Waals surface area contributed by atoms with Gasteiger partial charge in [0.05, 0.1) is 5.69 Å². The molecule has 0 spiro atoms. The van der Waals surface area contributed by atoms with Crippen molar-refractivity contribution in [1.82, 2.24) is 20.2 Å². The van der Waals surface area contributed by atoms with Gasteiger partial charge in [0.15, 0.2) is 0 Å². The third-order valence-corrected chi connectivity index (χ3v) is 7.44. The van der Waals surface area contributed by atoms with E-state index in [2.05, 4.69) is 65.6 Å². The Balaban J connectivity index is 1.39. The first-order valence-electron chi connectivity index (χ1n) is 11.9. The number of piperazine rings is 1. The zero-order valence-electron chi connectivity index (χ0n) is 20.5. The van der Waals surface area contributed by atoms with E-state index in [0.717, 1.165) is 47.2 Å². The summed E-state index contributed by atoms with van der Waals surface area (Å²) in [6.07, 6.45) is 1.74. The summed E-state index contributed by atoms with van der Waals surface area (Å²) in [5.41, 5.74) is 3.23. The Morgan fingerprint density at radius 2 is 1.91 bits per heavy atom. The molecule has 1 aliphatic heterocycles. The second-order valence-electron chi connectivity index (χ2n) is 9.71. The lowest BCUT2D eigenvalue weighted by atomic mass is 9.98. The molecule has 1 aliphatic rings. The molecule has 35 heavy (non-hydrogen) atoms. The van der Waals surface area contributed by atoms with Gasteiger partial charge in [-0.1, -0.05) is 26.0 Å². The third kappa shape index (κ3) is 6.81. The van der Waals surface area contributed by atoms with Crippen molar-refractivity contribution < 1.29 is 9.90 Å². The highest BCUT2D eigenvalue weighted by molar-refractivity contribution is 7.99. The minimum absolute atomic E-state index is 0.0599. The zero-order valence-corrected chi connectivity index (χ0v) is 21.3. The van der Waals surface area contributed by atoms with Crippen molar-refractivity contribution in [2.24, 2.45) is 5.41 Å². The van der Waals surface area contributed by atoms with E-state index in [-0.39, 0.29) is 17.9 Å². The molecule has 3 N–H and O–H groups in total. The van der Waals surface area contributed by atoms with Crippen molar-refractivity contribution in [3.63, 3.8) is 0 Å². The van der Waals surface area contributed by atoms with Crippen LogP contribution in [0.25, 0.3) is 11.3 Å². The normalized spacial score (nSPS) is 16.2. The number of nitrogens with one attached hydrogen (secondary N) is 2. The molecule has 1 saturated heterocycles. The van der Waals surface area contributed by atoms with Crippen LogP contribution in [-0.2, 0) is 0 Å². The molecule has 0 unspecified atom stereocenters. The lowest BCUT2D eigenvalue weighted by molar-refractivity contribution is 0.0709. The number of nitrogens with zero attached hydrogens (tertiary/aromatic N) is 3. The molecule has 184 valence electrons. The third-order valence-electron chi connectivity index (χ3n) is 5.91. The molecule has 0 saturated carbocycles. The highest BCUT2D eigenvalue weighted by atomic mass is 32.2. The number of rotatable bonds is 8. The summed E-state index contributed by atoms with van der Waals surface area (Å²) in [7, 11) is 0. The van der Waals surface area contributed by atoms with Gasteiger partial charge in [0.1, 0.15) is 0 Å². The summed E-state index contributed by atoms with van der Waals surface area (Å²) < 4.78 is 0. The second kappa shape index (κ2) is 11.2. The molecule has 8 heteroatoms. The number of hydrogen-bond acceptors (Lipinski definition) is 7. The lowest BCUT2D eigenvalue weighted by Crippen LogP contribution is -2.51. The van der Waals surface area contributed by atoms with Gasteiger partial charge < -0.3 is 20.6 Å². The van der Waals surface area contributed by atoms with Gasteiger partial charge in [-0.15, -0.1) is 11.8 Å². The number of hydrogen-bond donors (Lipinski definition) is 3. The Hall–Kier alpha value is -2.94. The van der Waals surface area contributed by atoms with Gasteiger partial charge in [0.2, 0.25) is 5.95 Å². The average Bonchev–Trinajstić information content (AvgIpc) is 2.88. The van der Waals surface area contributed by atoms with Crippen LogP contribution in [0.4, 0.5) is 11.6 Å². The van der Waals surface area contributed by atoms with E-state index in [4.69, 9.17) is 0 Å². The van der Waals surface area contributed by atoms with E-state index < -0.39 is 0 Å². The van der Waals surface area contributed by atoms with Crippen LogP contribution in [0.1, 0.15) is 31.1 Å². The molecule has 3 aromatic rings. The van der Waals surface area contributed by atoms with Crippen molar-refractivity contribution >= 4 is 29.3 Å². The number of carbonyl (C=O) groups excluding carboxylic acids is 1. The van der Waals surface area contributed by atoms with E-state index >= 15 is 0 Å². The van der Waals surface area contributed by atoms with Crippen LogP contribution in [0.2, 0.25) is 0 Å². The fourth-order valence-electron chi connectivity index (χ4n) is 3.75.